The molecule has 0 saturated carbocycles. The first-order chi connectivity index (χ1) is 12.5. The molecule has 2 aliphatic heterocycles. The lowest BCUT2D eigenvalue weighted by molar-refractivity contribution is 0.100. The summed E-state index contributed by atoms with van der Waals surface area (Å²) in [5.74, 6) is 4.19. The van der Waals surface area contributed by atoms with E-state index < -0.39 is 5.54 Å². The molecule has 0 aromatic heterocycles. The maximum absolute atomic E-state index is 10.5. The van der Waals surface area contributed by atoms with Crippen molar-refractivity contribution in [2.75, 3.05) is 20.8 Å². The largest absolute Gasteiger partial charge is 0.504 e. The van der Waals surface area contributed by atoms with Crippen molar-refractivity contribution in [2.24, 2.45) is 0 Å². The number of aromatic hydroxyl groups is 2. The second kappa shape index (κ2) is 5.86. The van der Waals surface area contributed by atoms with Gasteiger partial charge in [-0.25, -0.2) is 0 Å². The molecular weight excluding hydrogens is 330 g/mol. The van der Waals surface area contributed by atoms with Gasteiger partial charge in [-0.3, -0.25) is 4.90 Å². The molecule has 5 heteroatoms. The minimum atomic E-state index is -0.647. The monoisotopic (exact) mass is 351 g/mol. The fraction of sp³-hybridized carbons (Fsp3) is 0.333. The highest BCUT2D eigenvalue weighted by Crippen LogP contribution is 2.48. The molecule has 0 amide bonds. The number of methoxy groups -OCH3 is 2. The van der Waals surface area contributed by atoms with E-state index in [4.69, 9.17) is 15.9 Å². The summed E-state index contributed by atoms with van der Waals surface area (Å²) in [6.45, 7) is 1.30. The van der Waals surface area contributed by atoms with Gasteiger partial charge in [0, 0.05) is 25.1 Å². The van der Waals surface area contributed by atoms with Gasteiger partial charge in [0.15, 0.2) is 23.0 Å². The van der Waals surface area contributed by atoms with Crippen molar-refractivity contribution in [2.45, 2.75) is 24.9 Å². The molecule has 4 rings (SSSR count). The van der Waals surface area contributed by atoms with Gasteiger partial charge < -0.3 is 19.7 Å². The molecule has 0 spiro atoms. The Morgan fingerprint density at radius 3 is 2.58 bits per heavy atom. The number of phenolic OH excluding ortho intramolecular Hbond substituents is 2. The van der Waals surface area contributed by atoms with E-state index in [1.807, 2.05) is 12.1 Å². The zero-order chi connectivity index (χ0) is 18.5. The highest BCUT2D eigenvalue weighted by Gasteiger charge is 2.46. The second-order valence-electron chi connectivity index (χ2n) is 6.79. The van der Waals surface area contributed by atoms with E-state index in [1.165, 1.54) is 0 Å². The summed E-state index contributed by atoms with van der Waals surface area (Å²) in [7, 11) is 3.09. The predicted molar refractivity (Wildman–Crippen MR) is 97.6 cm³/mol. The molecule has 2 N–H and O–H groups in total. The Morgan fingerprint density at radius 2 is 1.88 bits per heavy atom. The lowest BCUT2D eigenvalue weighted by Crippen LogP contribution is -2.53. The van der Waals surface area contributed by atoms with Crippen LogP contribution in [0.4, 0.5) is 0 Å². The number of hydrogen-bond acceptors (Lipinski definition) is 5. The highest BCUT2D eigenvalue weighted by atomic mass is 16.5. The lowest BCUT2D eigenvalue weighted by atomic mass is 9.73. The molecule has 134 valence electrons. The molecule has 0 saturated heterocycles. The summed E-state index contributed by atoms with van der Waals surface area (Å²) in [5.41, 5.74) is 3.24. The minimum Gasteiger partial charge on any atom is -0.504 e. The number of phenols is 2. The normalized spacial score (nSPS) is 21.1. The third-order valence-corrected chi connectivity index (χ3v) is 5.64. The zero-order valence-corrected chi connectivity index (χ0v) is 14.9. The van der Waals surface area contributed by atoms with Crippen LogP contribution in [0, 0.1) is 12.3 Å². The van der Waals surface area contributed by atoms with Gasteiger partial charge in [0.2, 0.25) is 0 Å². The van der Waals surface area contributed by atoms with Crippen LogP contribution in [-0.4, -0.2) is 35.9 Å². The lowest BCUT2D eigenvalue weighted by Gasteiger charge is -2.48. The van der Waals surface area contributed by atoms with Crippen LogP contribution in [0.1, 0.15) is 22.3 Å². The van der Waals surface area contributed by atoms with Gasteiger partial charge in [-0.15, -0.1) is 6.42 Å². The van der Waals surface area contributed by atoms with Crippen molar-refractivity contribution < 1.29 is 19.7 Å². The maximum Gasteiger partial charge on any atom is 0.162 e. The highest BCUT2D eigenvalue weighted by molar-refractivity contribution is 5.57. The van der Waals surface area contributed by atoms with Crippen LogP contribution in [0.3, 0.4) is 0 Å². The minimum absolute atomic E-state index is 0.0890. The molecule has 2 aromatic rings. The van der Waals surface area contributed by atoms with E-state index in [9.17, 15) is 10.2 Å². The van der Waals surface area contributed by atoms with Gasteiger partial charge in [-0.2, -0.15) is 0 Å². The molecule has 0 bridgehead atoms. The first-order valence-electron chi connectivity index (χ1n) is 8.55. The SMILES string of the molecule is C#C[C@@]12Cc3ccc(OC)c(O)c3CN1CCc1cc(OC)c(O)cc12. The van der Waals surface area contributed by atoms with Crippen LogP contribution >= 0.6 is 0 Å². The van der Waals surface area contributed by atoms with Crippen molar-refractivity contribution >= 4 is 0 Å². The molecule has 2 heterocycles. The molecule has 2 aromatic carbocycles. The summed E-state index contributed by atoms with van der Waals surface area (Å²) >= 11 is 0. The van der Waals surface area contributed by atoms with E-state index in [0.29, 0.717) is 24.5 Å². The average molecular weight is 351 g/mol. The van der Waals surface area contributed by atoms with E-state index >= 15 is 0 Å². The van der Waals surface area contributed by atoms with Crippen LogP contribution in [0.25, 0.3) is 0 Å². The van der Waals surface area contributed by atoms with Crippen molar-refractivity contribution in [3.05, 3.63) is 46.5 Å². The van der Waals surface area contributed by atoms with Crippen LogP contribution in [0.2, 0.25) is 0 Å². The number of hydrogen-bond donors (Lipinski definition) is 2. The zero-order valence-electron chi connectivity index (χ0n) is 14.9. The Hall–Kier alpha value is -2.84. The molecular formula is C21H21NO4. The van der Waals surface area contributed by atoms with Gasteiger partial charge in [0.25, 0.3) is 0 Å². The fourth-order valence-corrected chi connectivity index (χ4v) is 4.25. The van der Waals surface area contributed by atoms with Crippen molar-refractivity contribution in [3.63, 3.8) is 0 Å². The number of fused-ring (bicyclic) bond motifs is 4. The number of rotatable bonds is 2. The number of nitrogens with zero attached hydrogens (tertiary/aromatic N) is 1. The van der Waals surface area contributed by atoms with Gasteiger partial charge in [0.05, 0.1) is 14.2 Å². The van der Waals surface area contributed by atoms with Crippen LogP contribution in [-0.2, 0) is 24.9 Å². The topological polar surface area (TPSA) is 62.2 Å². The molecule has 5 nitrogen and oxygen atoms in total. The van der Waals surface area contributed by atoms with Gasteiger partial charge in [0.1, 0.15) is 5.54 Å². The van der Waals surface area contributed by atoms with Crippen LogP contribution < -0.4 is 9.47 Å². The van der Waals surface area contributed by atoms with E-state index in [2.05, 4.69) is 10.8 Å². The summed E-state index contributed by atoms with van der Waals surface area (Å²) < 4.78 is 10.5. The number of benzene rings is 2. The molecule has 2 aliphatic rings. The second-order valence-corrected chi connectivity index (χ2v) is 6.79. The van der Waals surface area contributed by atoms with E-state index in [1.54, 1.807) is 26.4 Å². The van der Waals surface area contributed by atoms with Crippen molar-refractivity contribution in [3.8, 4) is 35.3 Å². The van der Waals surface area contributed by atoms with Crippen LogP contribution in [0.5, 0.6) is 23.0 Å². The van der Waals surface area contributed by atoms with E-state index in [-0.39, 0.29) is 11.5 Å². The number of ether oxygens (including phenoxy) is 2. The predicted octanol–water partition coefficient (Wildman–Crippen LogP) is 2.56. The Morgan fingerprint density at radius 1 is 1.12 bits per heavy atom. The summed E-state index contributed by atoms with van der Waals surface area (Å²) in [5, 5.41) is 20.8. The Balaban J connectivity index is 1.88. The smallest absolute Gasteiger partial charge is 0.162 e. The quantitative estimate of drug-likeness (QED) is 0.815. The Kier molecular flexibility index (Phi) is 3.74. The fourth-order valence-electron chi connectivity index (χ4n) is 4.25. The van der Waals surface area contributed by atoms with Crippen molar-refractivity contribution in [1.29, 1.82) is 0 Å². The van der Waals surface area contributed by atoms with Crippen molar-refractivity contribution in [1.82, 2.24) is 4.90 Å². The molecule has 26 heavy (non-hydrogen) atoms. The summed E-state index contributed by atoms with van der Waals surface area (Å²) in [6.07, 6.45) is 7.41. The van der Waals surface area contributed by atoms with Gasteiger partial charge >= 0.3 is 0 Å². The third kappa shape index (κ3) is 2.16. The van der Waals surface area contributed by atoms with Gasteiger partial charge in [-0.1, -0.05) is 12.0 Å². The molecule has 0 aliphatic carbocycles. The molecule has 0 unspecified atom stereocenters. The number of terminal acetylenes is 1. The first kappa shape index (κ1) is 16.6. The van der Waals surface area contributed by atoms with E-state index in [0.717, 1.165) is 35.2 Å². The summed E-state index contributed by atoms with van der Waals surface area (Å²) in [6, 6.07) is 7.34. The molecule has 0 fully saturated rings. The Bertz CT molecular complexity index is 931. The van der Waals surface area contributed by atoms with Gasteiger partial charge in [-0.05, 0) is 41.3 Å². The Labute approximate surface area is 152 Å². The summed E-state index contributed by atoms with van der Waals surface area (Å²) in [4.78, 5) is 2.20. The first-order valence-corrected chi connectivity index (χ1v) is 8.55. The third-order valence-electron chi connectivity index (χ3n) is 5.64. The van der Waals surface area contributed by atoms with Crippen LogP contribution in [0.15, 0.2) is 24.3 Å². The standard InChI is InChI=1S/C21H21NO4/c1-4-21-11-14-5-6-18(25-2)20(24)15(14)12-22(21)8-7-13-9-19(26-3)17(23)10-16(13)21/h1,5-6,9-10,23-24H,7-8,11-12H2,2-3H3/t21-/m0/s1. The molecule has 1 atom stereocenters. The molecule has 0 radical (unpaired) electrons. The average Bonchev–Trinajstić information content (AvgIpc) is 2.66. The maximum atomic E-state index is 10.5.